The van der Waals surface area contributed by atoms with Crippen molar-refractivity contribution in [3.05, 3.63) is 59.7 Å². The van der Waals surface area contributed by atoms with Crippen molar-refractivity contribution in [2.75, 3.05) is 17.8 Å². The van der Waals surface area contributed by atoms with E-state index in [1.54, 1.807) is 25.1 Å². The van der Waals surface area contributed by atoms with Crippen LogP contribution in [0.1, 0.15) is 18.3 Å². The number of imide groups is 1. The van der Waals surface area contributed by atoms with Gasteiger partial charge in [0.1, 0.15) is 11.4 Å². The molecule has 5 rings (SSSR count). The average molecular weight is 451 g/mol. The molecule has 2 aromatic carbocycles. The van der Waals surface area contributed by atoms with Crippen LogP contribution in [0.25, 0.3) is 0 Å². The van der Waals surface area contributed by atoms with Crippen LogP contribution < -0.4 is 25.8 Å². The summed E-state index contributed by atoms with van der Waals surface area (Å²) in [6.07, 6.45) is 0. The van der Waals surface area contributed by atoms with Crippen molar-refractivity contribution in [3.63, 3.8) is 0 Å². The molecule has 3 aromatic rings. The topological polar surface area (TPSA) is 145 Å². The highest BCUT2D eigenvalue weighted by Gasteiger charge is 2.49. The van der Waals surface area contributed by atoms with Crippen molar-refractivity contribution in [2.45, 2.75) is 19.0 Å². The van der Waals surface area contributed by atoms with Crippen molar-refractivity contribution in [2.24, 2.45) is 0 Å². The third kappa shape index (κ3) is 3.71. The lowest BCUT2D eigenvalue weighted by molar-refractivity contribution is -0.131. The van der Waals surface area contributed by atoms with Crippen molar-refractivity contribution in [1.29, 1.82) is 0 Å². The van der Waals surface area contributed by atoms with E-state index in [4.69, 9.17) is 15.2 Å². The van der Waals surface area contributed by atoms with Crippen LogP contribution in [0, 0.1) is 5.82 Å². The first-order valence-corrected chi connectivity index (χ1v) is 9.89. The summed E-state index contributed by atoms with van der Waals surface area (Å²) in [6, 6.07) is 10.00. The van der Waals surface area contributed by atoms with Crippen LogP contribution in [0.3, 0.4) is 0 Å². The fraction of sp³-hybridized carbons (Fsp3) is 0.190. The predicted molar refractivity (Wildman–Crippen MR) is 113 cm³/mol. The molecule has 0 radical (unpaired) electrons. The molecule has 4 N–H and O–H groups in total. The molecule has 1 atom stereocenters. The van der Waals surface area contributed by atoms with Crippen LogP contribution in [0.2, 0.25) is 0 Å². The number of nitrogens with one attached hydrogen (secondary N) is 2. The maximum absolute atomic E-state index is 13.3. The van der Waals surface area contributed by atoms with Crippen LogP contribution in [0.4, 0.5) is 26.8 Å². The van der Waals surface area contributed by atoms with E-state index in [2.05, 4.69) is 25.6 Å². The Kier molecular flexibility index (Phi) is 4.69. The van der Waals surface area contributed by atoms with Gasteiger partial charge >= 0.3 is 6.03 Å². The third-order valence-electron chi connectivity index (χ3n) is 5.32. The lowest BCUT2D eigenvalue weighted by Gasteiger charge is -2.22. The van der Waals surface area contributed by atoms with Crippen LogP contribution in [0.15, 0.2) is 42.5 Å². The molecular formula is C21H18FN7O4. The van der Waals surface area contributed by atoms with Gasteiger partial charge in [-0.15, -0.1) is 0 Å². The number of rotatable bonds is 5. The van der Waals surface area contributed by atoms with E-state index in [0.29, 0.717) is 22.7 Å². The number of fused-ring (bicyclic) bond motifs is 1. The van der Waals surface area contributed by atoms with Crippen LogP contribution in [-0.4, -0.2) is 38.6 Å². The van der Waals surface area contributed by atoms with Gasteiger partial charge < -0.3 is 25.8 Å². The minimum atomic E-state index is -1.31. The van der Waals surface area contributed by atoms with Gasteiger partial charge in [-0.05, 0) is 48.9 Å². The molecule has 1 saturated heterocycles. The number of nitrogens with two attached hydrogens (primary N) is 1. The van der Waals surface area contributed by atoms with Gasteiger partial charge in [0, 0.05) is 5.69 Å². The molecule has 1 unspecified atom stereocenters. The van der Waals surface area contributed by atoms with Crippen molar-refractivity contribution < 1.29 is 23.5 Å². The minimum Gasteiger partial charge on any atom is -0.454 e. The van der Waals surface area contributed by atoms with Gasteiger partial charge in [0.25, 0.3) is 5.91 Å². The number of ether oxygens (including phenoxy) is 2. The molecule has 0 saturated carbocycles. The Morgan fingerprint density at radius 2 is 1.88 bits per heavy atom. The second kappa shape index (κ2) is 7.58. The zero-order chi connectivity index (χ0) is 23.2. The van der Waals surface area contributed by atoms with Crippen LogP contribution >= 0.6 is 0 Å². The molecule has 1 aromatic heterocycles. The number of urea groups is 1. The van der Waals surface area contributed by atoms with Crippen LogP contribution in [-0.2, 0) is 16.9 Å². The number of aromatic nitrogens is 3. The Bertz CT molecular complexity index is 1270. The first-order valence-electron chi connectivity index (χ1n) is 9.89. The molecule has 168 valence electrons. The summed E-state index contributed by atoms with van der Waals surface area (Å²) in [6.45, 7) is 1.47. The quantitative estimate of drug-likeness (QED) is 0.496. The smallest absolute Gasteiger partial charge is 0.325 e. The van der Waals surface area contributed by atoms with Gasteiger partial charge in [-0.25, -0.2) is 9.18 Å². The molecule has 3 heterocycles. The van der Waals surface area contributed by atoms with E-state index in [-0.39, 0.29) is 36.9 Å². The molecule has 2 aliphatic heterocycles. The Morgan fingerprint density at radius 3 is 2.67 bits per heavy atom. The highest BCUT2D eigenvalue weighted by atomic mass is 19.1. The Hall–Kier alpha value is -4.48. The Labute approximate surface area is 186 Å². The van der Waals surface area contributed by atoms with E-state index in [1.807, 2.05) is 0 Å². The van der Waals surface area contributed by atoms with Gasteiger partial charge in [-0.2, -0.15) is 15.0 Å². The summed E-state index contributed by atoms with van der Waals surface area (Å²) >= 11 is 0. The lowest BCUT2D eigenvalue weighted by atomic mass is 9.91. The maximum Gasteiger partial charge on any atom is 0.325 e. The number of benzene rings is 2. The number of hydrogen-bond acceptors (Lipinski definition) is 9. The zero-order valence-corrected chi connectivity index (χ0v) is 17.3. The minimum absolute atomic E-state index is 0.0923. The largest absolute Gasteiger partial charge is 0.454 e. The summed E-state index contributed by atoms with van der Waals surface area (Å²) in [5.74, 6) is 0.281. The molecule has 2 aliphatic rings. The van der Waals surface area contributed by atoms with Crippen molar-refractivity contribution in [3.8, 4) is 11.5 Å². The summed E-state index contributed by atoms with van der Waals surface area (Å²) in [4.78, 5) is 39.2. The van der Waals surface area contributed by atoms with E-state index in [1.165, 1.54) is 24.3 Å². The van der Waals surface area contributed by atoms with E-state index >= 15 is 0 Å². The SMILES string of the molecule is CC1(c2ccc3c(c2)OCO3)NC(=O)N(Cc2nc(N)nc(Nc3ccc(F)cc3)n2)C1=O. The molecule has 33 heavy (non-hydrogen) atoms. The molecule has 0 spiro atoms. The number of anilines is 3. The number of halogens is 1. The second-order valence-corrected chi connectivity index (χ2v) is 7.58. The molecule has 1 fully saturated rings. The highest BCUT2D eigenvalue weighted by Crippen LogP contribution is 2.38. The van der Waals surface area contributed by atoms with E-state index < -0.39 is 17.5 Å². The molecule has 12 heteroatoms. The first kappa shape index (κ1) is 20.4. The first-order chi connectivity index (χ1) is 15.8. The normalized spacial score (nSPS) is 19.0. The number of hydrogen-bond donors (Lipinski definition) is 3. The molecular weight excluding hydrogens is 433 g/mol. The van der Waals surface area contributed by atoms with Crippen molar-refractivity contribution >= 4 is 29.5 Å². The molecule has 0 aliphatic carbocycles. The zero-order valence-electron chi connectivity index (χ0n) is 17.3. The van der Waals surface area contributed by atoms with E-state index in [9.17, 15) is 14.0 Å². The number of carbonyl (C=O) groups is 2. The summed E-state index contributed by atoms with van der Waals surface area (Å²) in [5.41, 5.74) is 5.54. The van der Waals surface area contributed by atoms with Gasteiger partial charge in [-0.1, -0.05) is 6.07 Å². The number of nitrogens with zero attached hydrogens (tertiary/aromatic N) is 4. The fourth-order valence-corrected chi connectivity index (χ4v) is 3.61. The number of amides is 3. The van der Waals surface area contributed by atoms with E-state index in [0.717, 1.165) is 4.90 Å². The average Bonchev–Trinajstić information content (AvgIpc) is 3.33. The van der Waals surface area contributed by atoms with Gasteiger partial charge in [-0.3, -0.25) is 9.69 Å². The Balaban J connectivity index is 1.38. The Morgan fingerprint density at radius 1 is 1.12 bits per heavy atom. The maximum atomic E-state index is 13.3. The molecule has 11 nitrogen and oxygen atoms in total. The van der Waals surface area contributed by atoms with Crippen LogP contribution in [0.5, 0.6) is 11.5 Å². The number of nitrogen functional groups attached to an aromatic ring is 1. The van der Waals surface area contributed by atoms with Gasteiger partial charge in [0.05, 0.1) is 6.54 Å². The van der Waals surface area contributed by atoms with Gasteiger partial charge in [0.15, 0.2) is 17.3 Å². The van der Waals surface area contributed by atoms with Crippen molar-refractivity contribution in [1.82, 2.24) is 25.2 Å². The molecule has 0 bridgehead atoms. The lowest BCUT2D eigenvalue weighted by Crippen LogP contribution is -2.40. The predicted octanol–water partition coefficient (Wildman–Crippen LogP) is 2.03. The van der Waals surface area contributed by atoms with Gasteiger partial charge in [0.2, 0.25) is 18.7 Å². The highest BCUT2D eigenvalue weighted by molar-refractivity contribution is 6.07. The second-order valence-electron chi connectivity index (χ2n) is 7.58. The summed E-state index contributed by atoms with van der Waals surface area (Å²) < 4.78 is 23.8. The third-order valence-corrected chi connectivity index (χ3v) is 5.32. The fourth-order valence-electron chi connectivity index (χ4n) is 3.61. The number of carbonyl (C=O) groups excluding carboxylic acids is 2. The summed E-state index contributed by atoms with van der Waals surface area (Å²) in [5, 5.41) is 5.61. The summed E-state index contributed by atoms with van der Waals surface area (Å²) in [7, 11) is 0. The standard InChI is InChI=1S/C21H18FN7O4/c1-21(11-2-7-14-15(8-11)33-10-32-14)17(30)29(20(31)28-21)9-16-25-18(23)27-19(26-16)24-13-5-3-12(22)4-6-13/h2-8H,9-10H2,1H3,(H,28,31)(H3,23,24,25,26,27). The molecule has 3 amide bonds. The monoisotopic (exact) mass is 451 g/mol.